The monoisotopic (exact) mass is 277 g/mol. The zero-order valence-electron chi connectivity index (χ0n) is 9.75. The van der Waals surface area contributed by atoms with E-state index in [2.05, 4.69) is 15.9 Å². The van der Waals surface area contributed by atoms with Gasteiger partial charge in [-0.2, -0.15) is 0 Å². The topological polar surface area (TPSA) is 29.5 Å². The SMILES string of the molecule is CC(C)(C)OC(=O)N1CCCC1CCBr. The van der Waals surface area contributed by atoms with Gasteiger partial charge in [0.05, 0.1) is 0 Å². The van der Waals surface area contributed by atoms with Crippen LogP contribution in [0.1, 0.15) is 40.0 Å². The summed E-state index contributed by atoms with van der Waals surface area (Å²) in [6.07, 6.45) is 3.05. The minimum Gasteiger partial charge on any atom is -0.444 e. The van der Waals surface area contributed by atoms with Crippen molar-refractivity contribution in [1.29, 1.82) is 0 Å². The zero-order chi connectivity index (χ0) is 11.5. The Balaban J connectivity index is 2.51. The van der Waals surface area contributed by atoms with Crippen LogP contribution in [0.5, 0.6) is 0 Å². The molecule has 15 heavy (non-hydrogen) atoms. The van der Waals surface area contributed by atoms with Crippen LogP contribution in [-0.4, -0.2) is 34.5 Å². The van der Waals surface area contributed by atoms with Crippen LogP contribution in [0.15, 0.2) is 0 Å². The molecule has 1 aliphatic rings. The average molecular weight is 278 g/mol. The van der Waals surface area contributed by atoms with Crippen molar-refractivity contribution in [3.8, 4) is 0 Å². The number of hydrogen-bond acceptors (Lipinski definition) is 2. The van der Waals surface area contributed by atoms with E-state index in [4.69, 9.17) is 4.74 Å². The summed E-state index contributed by atoms with van der Waals surface area (Å²) < 4.78 is 5.37. The van der Waals surface area contributed by atoms with Crippen molar-refractivity contribution in [2.24, 2.45) is 0 Å². The molecule has 3 nitrogen and oxygen atoms in total. The first kappa shape index (κ1) is 12.8. The second-order valence-corrected chi connectivity index (χ2v) is 5.74. The molecule has 1 rings (SSSR count). The lowest BCUT2D eigenvalue weighted by atomic mass is 10.2. The van der Waals surface area contributed by atoms with Crippen molar-refractivity contribution >= 4 is 22.0 Å². The van der Waals surface area contributed by atoms with E-state index in [1.165, 1.54) is 0 Å². The number of ether oxygens (including phenoxy) is 1. The fraction of sp³-hybridized carbons (Fsp3) is 0.909. The molecule has 1 atom stereocenters. The molecule has 0 saturated carbocycles. The molecule has 1 unspecified atom stereocenters. The van der Waals surface area contributed by atoms with E-state index in [9.17, 15) is 4.79 Å². The molecule has 0 bridgehead atoms. The van der Waals surface area contributed by atoms with E-state index in [-0.39, 0.29) is 6.09 Å². The summed E-state index contributed by atoms with van der Waals surface area (Å²) in [4.78, 5) is 13.7. The van der Waals surface area contributed by atoms with Gasteiger partial charge in [0.25, 0.3) is 0 Å². The first-order chi connectivity index (χ1) is 6.94. The normalized spacial score (nSPS) is 21.9. The van der Waals surface area contributed by atoms with Gasteiger partial charge in [0.2, 0.25) is 0 Å². The number of rotatable bonds is 2. The lowest BCUT2D eigenvalue weighted by Gasteiger charge is -2.28. The fourth-order valence-corrected chi connectivity index (χ4v) is 2.35. The number of nitrogens with zero attached hydrogens (tertiary/aromatic N) is 1. The van der Waals surface area contributed by atoms with E-state index in [0.29, 0.717) is 6.04 Å². The van der Waals surface area contributed by atoms with Crippen molar-refractivity contribution in [2.75, 3.05) is 11.9 Å². The molecule has 1 aliphatic heterocycles. The van der Waals surface area contributed by atoms with Gasteiger partial charge >= 0.3 is 6.09 Å². The highest BCUT2D eigenvalue weighted by Gasteiger charge is 2.31. The molecule has 4 heteroatoms. The Morgan fingerprint density at radius 2 is 2.20 bits per heavy atom. The van der Waals surface area contributed by atoms with Gasteiger partial charge in [0, 0.05) is 17.9 Å². The predicted molar refractivity (Wildman–Crippen MR) is 64.4 cm³/mol. The van der Waals surface area contributed by atoms with E-state index >= 15 is 0 Å². The Morgan fingerprint density at radius 1 is 1.53 bits per heavy atom. The maximum absolute atomic E-state index is 11.8. The molecule has 0 aromatic rings. The predicted octanol–water partition coefficient (Wildman–Crippen LogP) is 3.17. The van der Waals surface area contributed by atoms with Crippen LogP contribution >= 0.6 is 15.9 Å². The van der Waals surface area contributed by atoms with Crippen LogP contribution in [0.25, 0.3) is 0 Å². The van der Waals surface area contributed by atoms with Gasteiger partial charge in [-0.05, 0) is 40.0 Å². The highest BCUT2D eigenvalue weighted by Crippen LogP contribution is 2.23. The third kappa shape index (κ3) is 4.01. The van der Waals surface area contributed by atoms with Crippen molar-refractivity contribution < 1.29 is 9.53 Å². The van der Waals surface area contributed by atoms with Crippen LogP contribution in [0.2, 0.25) is 0 Å². The second kappa shape index (κ2) is 5.19. The first-order valence-electron chi connectivity index (χ1n) is 5.49. The standard InChI is InChI=1S/C11H20BrNO2/c1-11(2,3)15-10(14)13-8-4-5-9(13)6-7-12/h9H,4-8H2,1-3H3. The second-order valence-electron chi connectivity index (χ2n) is 4.95. The van der Waals surface area contributed by atoms with Crippen LogP contribution in [0.4, 0.5) is 4.79 Å². The number of halogens is 1. The highest BCUT2D eigenvalue weighted by molar-refractivity contribution is 9.09. The van der Waals surface area contributed by atoms with E-state index < -0.39 is 5.60 Å². The van der Waals surface area contributed by atoms with E-state index in [0.717, 1.165) is 31.1 Å². The number of amides is 1. The lowest BCUT2D eigenvalue weighted by molar-refractivity contribution is 0.0225. The van der Waals surface area contributed by atoms with Crippen LogP contribution in [0, 0.1) is 0 Å². The average Bonchev–Trinajstić information content (AvgIpc) is 2.49. The molecule has 1 amide bonds. The number of carbonyl (C=O) groups is 1. The maximum Gasteiger partial charge on any atom is 0.410 e. The Morgan fingerprint density at radius 3 is 2.73 bits per heavy atom. The van der Waals surface area contributed by atoms with Crippen molar-refractivity contribution in [1.82, 2.24) is 4.90 Å². The first-order valence-corrected chi connectivity index (χ1v) is 6.62. The Bertz CT molecular complexity index is 225. The van der Waals surface area contributed by atoms with Gasteiger partial charge in [-0.25, -0.2) is 4.79 Å². The summed E-state index contributed by atoms with van der Waals surface area (Å²) >= 11 is 3.42. The molecule has 88 valence electrons. The molecule has 1 fully saturated rings. The summed E-state index contributed by atoms with van der Waals surface area (Å²) in [5, 5.41) is 0.941. The Labute approximate surface area is 100 Å². The van der Waals surface area contributed by atoms with Gasteiger partial charge < -0.3 is 9.64 Å². The number of hydrogen-bond donors (Lipinski definition) is 0. The number of alkyl halides is 1. The third-order valence-electron chi connectivity index (χ3n) is 2.45. The highest BCUT2D eigenvalue weighted by atomic mass is 79.9. The minimum atomic E-state index is -0.390. The minimum absolute atomic E-state index is 0.161. The van der Waals surface area contributed by atoms with Gasteiger partial charge in [-0.1, -0.05) is 15.9 Å². The van der Waals surface area contributed by atoms with Crippen molar-refractivity contribution in [2.45, 2.75) is 51.7 Å². The quantitative estimate of drug-likeness (QED) is 0.726. The van der Waals surface area contributed by atoms with Crippen LogP contribution < -0.4 is 0 Å². The summed E-state index contributed by atoms with van der Waals surface area (Å²) in [5.41, 5.74) is -0.390. The van der Waals surface area contributed by atoms with Crippen molar-refractivity contribution in [3.05, 3.63) is 0 Å². The molecule has 0 aromatic heterocycles. The van der Waals surface area contributed by atoms with Gasteiger partial charge in [-0.15, -0.1) is 0 Å². The Hall–Kier alpha value is -0.250. The summed E-state index contributed by atoms with van der Waals surface area (Å²) in [6.45, 7) is 6.55. The molecule has 0 aliphatic carbocycles. The smallest absolute Gasteiger partial charge is 0.410 e. The molecular weight excluding hydrogens is 258 g/mol. The number of carbonyl (C=O) groups excluding carboxylic acids is 1. The van der Waals surface area contributed by atoms with E-state index in [1.54, 1.807) is 0 Å². The van der Waals surface area contributed by atoms with Gasteiger partial charge in [0.1, 0.15) is 5.60 Å². The van der Waals surface area contributed by atoms with Crippen LogP contribution in [0.3, 0.4) is 0 Å². The molecule has 0 radical (unpaired) electrons. The molecular formula is C11H20BrNO2. The molecule has 0 aromatic carbocycles. The number of likely N-dealkylation sites (tertiary alicyclic amines) is 1. The van der Waals surface area contributed by atoms with Gasteiger partial charge in [-0.3, -0.25) is 0 Å². The molecule has 0 spiro atoms. The van der Waals surface area contributed by atoms with Gasteiger partial charge in [0.15, 0.2) is 0 Å². The lowest BCUT2D eigenvalue weighted by Crippen LogP contribution is -2.39. The summed E-state index contributed by atoms with van der Waals surface area (Å²) in [6, 6.07) is 0.360. The van der Waals surface area contributed by atoms with E-state index in [1.807, 2.05) is 25.7 Å². The zero-order valence-corrected chi connectivity index (χ0v) is 11.3. The third-order valence-corrected chi connectivity index (χ3v) is 2.91. The molecule has 1 saturated heterocycles. The summed E-state index contributed by atoms with van der Waals surface area (Å²) in [5.74, 6) is 0. The maximum atomic E-state index is 11.8. The molecule has 1 heterocycles. The largest absolute Gasteiger partial charge is 0.444 e. The van der Waals surface area contributed by atoms with Crippen molar-refractivity contribution in [3.63, 3.8) is 0 Å². The fourth-order valence-electron chi connectivity index (χ4n) is 1.82. The Kier molecular flexibility index (Phi) is 4.44. The summed E-state index contributed by atoms with van der Waals surface area (Å²) in [7, 11) is 0. The molecule has 0 N–H and O–H groups in total. The van der Waals surface area contributed by atoms with Crippen LogP contribution in [-0.2, 0) is 4.74 Å².